The standard InChI is InChI=1S/C14H25N3O2S/c1-17-11-8-14(16-17)7-10-15-20(18,19)12-9-13-5-3-2-4-6-13/h8,11,13,15H,2-7,9-10,12H2,1H3. The third-order valence-electron chi connectivity index (χ3n) is 3.99. The van der Waals surface area contributed by atoms with Crippen LogP contribution in [0.1, 0.15) is 44.2 Å². The van der Waals surface area contributed by atoms with Crippen LogP contribution in [0.2, 0.25) is 0 Å². The van der Waals surface area contributed by atoms with Crippen molar-refractivity contribution in [1.29, 1.82) is 0 Å². The van der Waals surface area contributed by atoms with Crippen LogP contribution in [0, 0.1) is 5.92 Å². The summed E-state index contributed by atoms with van der Waals surface area (Å²) in [7, 11) is -1.27. The van der Waals surface area contributed by atoms with Gasteiger partial charge in [-0.25, -0.2) is 13.1 Å². The van der Waals surface area contributed by atoms with E-state index in [1.807, 2.05) is 19.3 Å². The molecule has 1 aromatic rings. The molecule has 0 atom stereocenters. The monoisotopic (exact) mass is 299 g/mol. The molecule has 20 heavy (non-hydrogen) atoms. The first kappa shape index (κ1) is 15.5. The Hall–Kier alpha value is -0.880. The van der Waals surface area contributed by atoms with Crippen molar-refractivity contribution in [3.8, 4) is 0 Å². The Kier molecular flexibility index (Phi) is 5.60. The molecule has 1 heterocycles. The molecule has 1 fully saturated rings. The van der Waals surface area contributed by atoms with Gasteiger partial charge >= 0.3 is 0 Å². The van der Waals surface area contributed by atoms with Gasteiger partial charge < -0.3 is 0 Å². The Morgan fingerprint density at radius 2 is 2.10 bits per heavy atom. The van der Waals surface area contributed by atoms with Gasteiger partial charge in [0.05, 0.1) is 11.4 Å². The second kappa shape index (κ2) is 7.22. The number of hydrogen-bond donors (Lipinski definition) is 1. The fourth-order valence-corrected chi connectivity index (χ4v) is 4.00. The maximum atomic E-state index is 11.9. The van der Waals surface area contributed by atoms with Gasteiger partial charge in [0.1, 0.15) is 0 Å². The zero-order valence-electron chi connectivity index (χ0n) is 12.2. The van der Waals surface area contributed by atoms with Gasteiger partial charge in [0.2, 0.25) is 10.0 Å². The van der Waals surface area contributed by atoms with Gasteiger partial charge in [-0.15, -0.1) is 0 Å². The molecule has 5 nitrogen and oxygen atoms in total. The molecule has 1 N–H and O–H groups in total. The maximum Gasteiger partial charge on any atom is 0.211 e. The summed E-state index contributed by atoms with van der Waals surface area (Å²) in [4.78, 5) is 0. The molecule has 114 valence electrons. The highest BCUT2D eigenvalue weighted by Gasteiger charge is 2.17. The SMILES string of the molecule is Cn1ccc(CCNS(=O)(=O)CCC2CCCCC2)n1. The number of aromatic nitrogens is 2. The lowest BCUT2D eigenvalue weighted by atomic mass is 9.88. The van der Waals surface area contributed by atoms with Crippen LogP contribution in [-0.2, 0) is 23.5 Å². The molecule has 0 aromatic carbocycles. The first-order chi connectivity index (χ1) is 9.55. The van der Waals surface area contributed by atoms with Crippen molar-refractivity contribution in [3.05, 3.63) is 18.0 Å². The number of rotatable bonds is 7. The number of aryl methyl sites for hydroxylation is 1. The summed E-state index contributed by atoms with van der Waals surface area (Å²) in [5.41, 5.74) is 0.919. The number of hydrogen-bond acceptors (Lipinski definition) is 3. The average molecular weight is 299 g/mol. The van der Waals surface area contributed by atoms with Crippen LogP contribution in [-0.4, -0.2) is 30.5 Å². The molecule has 0 amide bonds. The van der Waals surface area contributed by atoms with Crippen LogP contribution in [0.4, 0.5) is 0 Å². The summed E-state index contributed by atoms with van der Waals surface area (Å²) in [6, 6.07) is 1.91. The highest BCUT2D eigenvalue weighted by molar-refractivity contribution is 7.89. The third-order valence-corrected chi connectivity index (χ3v) is 5.41. The van der Waals surface area contributed by atoms with Crippen LogP contribution in [0.25, 0.3) is 0 Å². The van der Waals surface area contributed by atoms with Crippen LogP contribution in [0.15, 0.2) is 12.3 Å². The Bertz CT molecular complexity index is 504. The predicted octanol–water partition coefficient (Wildman–Crippen LogP) is 1.85. The third kappa shape index (κ3) is 5.25. The van der Waals surface area contributed by atoms with Crippen molar-refractivity contribution in [2.24, 2.45) is 13.0 Å². The Morgan fingerprint density at radius 3 is 2.75 bits per heavy atom. The molecule has 1 aliphatic rings. The van der Waals surface area contributed by atoms with Crippen LogP contribution < -0.4 is 4.72 Å². The topological polar surface area (TPSA) is 64.0 Å². The molecular weight excluding hydrogens is 274 g/mol. The highest BCUT2D eigenvalue weighted by atomic mass is 32.2. The van der Waals surface area contributed by atoms with Crippen molar-refractivity contribution in [2.75, 3.05) is 12.3 Å². The molecule has 1 aromatic heterocycles. The molecule has 0 spiro atoms. The summed E-state index contributed by atoms with van der Waals surface area (Å²) < 4.78 is 28.3. The van der Waals surface area contributed by atoms with Gasteiger partial charge in [0.15, 0.2) is 0 Å². The summed E-state index contributed by atoms with van der Waals surface area (Å²) in [6.45, 7) is 0.435. The summed E-state index contributed by atoms with van der Waals surface area (Å²) >= 11 is 0. The van der Waals surface area contributed by atoms with Crippen molar-refractivity contribution in [2.45, 2.75) is 44.9 Å². The van der Waals surface area contributed by atoms with E-state index in [0.29, 0.717) is 18.9 Å². The zero-order valence-corrected chi connectivity index (χ0v) is 13.0. The number of nitrogens with zero attached hydrogens (tertiary/aromatic N) is 2. The van der Waals surface area contributed by atoms with Gasteiger partial charge in [0, 0.05) is 26.2 Å². The minimum Gasteiger partial charge on any atom is -0.276 e. The molecular formula is C14H25N3O2S. The van der Waals surface area contributed by atoms with E-state index in [1.54, 1.807) is 4.68 Å². The quantitative estimate of drug-likeness (QED) is 0.835. The molecule has 0 bridgehead atoms. The van der Waals surface area contributed by atoms with E-state index in [2.05, 4.69) is 9.82 Å². The smallest absolute Gasteiger partial charge is 0.211 e. The predicted molar refractivity (Wildman–Crippen MR) is 79.9 cm³/mol. The van der Waals surface area contributed by atoms with E-state index in [1.165, 1.54) is 32.1 Å². The molecule has 6 heteroatoms. The van der Waals surface area contributed by atoms with E-state index < -0.39 is 10.0 Å². The van der Waals surface area contributed by atoms with E-state index in [9.17, 15) is 8.42 Å². The highest BCUT2D eigenvalue weighted by Crippen LogP contribution is 2.26. The van der Waals surface area contributed by atoms with Crippen molar-refractivity contribution in [3.63, 3.8) is 0 Å². The maximum absolute atomic E-state index is 11.9. The first-order valence-corrected chi connectivity index (χ1v) is 9.16. The lowest BCUT2D eigenvalue weighted by molar-refractivity contribution is 0.349. The fourth-order valence-electron chi connectivity index (χ4n) is 2.80. The lowest BCUT2D eigenvalue weighted by Crippen LogP contribution is -2.29. The lowest BCUT2D eigenvalue weighted by Gasteiger charge is -2.21. The fraction of sp³-hybridized carbons (Fsp3) is 0.786. The molecule has 1 aliphatic carbocycles. The Morgan fingerprint density at radius 1 is 1.35 bits per heavy atom. The summed E-state index contributed by atoms with van der Waals surface area (Å²) in [6.07, 6.45) is 9.55. The first-order valence-electron chi connectivity index (χ1n) is 7.51. The molecule has 1 saturated carbocycles. The van der Waals surface area contributed by atoms with E-state index >= 15 is 0 Å². The summed E-state index contributed by atoms with van der Waals surface area (Å²) in [5, 5.41) is 4.23. The number of sulfonamides is 1. The minimum atomic E-state index is -3.13. The molecule has 0 radical (unpaired) electrons. The number of nitrogens with one attached hydrogen (secondary N) is 1. The van der Waals surface area contributed by atoms with E-state index in [-0.39, 0.29) is 5.75 Å². The zero-order chi connectivity index (χ0) is 14.4. The van der Waals surface area contributed by atoms with E-state index in [0.717, 1.165) is 12.1 Å². The van der Waals surface area contributed by atoms with Crippen LogP contribution in [0.5, 0.6) is 0 Å². The minimum absolute atomic E-state index is 0.264. The van der Waals surface area contributed by atoms with Gasteiger partial charge in [-0.2, -0.15) is 5.10 Å². The summed E-state index contributed by atoms with van der Waals surface area (Å²) in [5.74, 6) is 0.871. The van der Waals surface area contributed by atoms with Gasteiger partial charge in [-0.05, 0) is 18.4 Å². The average Bonchev–Trinajstić information content (AvgIpc) is 2.83. The second-order valence-electron chi connectivity index (χ2n) is 5.74. The van der Waals surface area contributed by atoms with Crippen molar-refractivity contribution < 1.29 is 8.42 Å². The molecule has 0 aliphatic heterocycles. The largest absolute Gasteiger partial charge is 0.276 e. The van der Waals surface area contributed by atoms with Gasteiger partial charge in [-0.1, -0.05) is 32.1 Å². The second-order valence-corrected chi connectivity index (χ2v) is 7.66. The van der Waals surface area contributed by atoms with Crippen molar-refractivity contribution in [1.82, 2.24) is 14.5 Å². The Balaban J connectivity index is 1.67. The van der Waals surface area contributed by atoms with Crippen molar-refractivity contribution >= 4 is 10.0 Å². The van der Waals surface area contributed by atoms with E-state index in [4.69, 9.17) is 0 Å². The molecule has 0 unspecified atom stereocenters. The van der Waals surface area contributed by atoms with Crippen LogP contribution >= 0.6 is 0 Å². The molecule has 2 rings (SSSR count). The molecule has 0 saturated heterocycles. The normalized spacial score (nSPS) is 17.4. The Labute approximate surface area is 121 Å². The van der Waals surface area contributed by atoms with Gasteiger partial charge in [0.25, 0.3) is 0 Å². The van der Waals surface area contributed by atoms with Crippen LogP contribution in [0.3, 0.4) is 0 Å². The van der Waals surface area contributed by atoms with Gasteiger partial charge in [-0.3, -0.25) is 4.68 Å².